The van der Waals surface area contributed by atoms with E-state index in [9.17, 15) is 9.59 Å². The Morgan fingerprint density at radius 3 is 1.63 bits per heavy atom. The summed E-state index contributed by atoms with van der Waals surface area (Å²) in [4.78, 5) is 24.2. The van der Waals surface area contributed by atoms with Crippen molar-refractivity contribution in [3.8, 4) is 0 Å². The van der Waals surface area contributed by atoms with E-state index >= 15 is 0 Å². The molecule has 0 bridgehead atoms. The first-order valence-electron chi connectivity index (χ1n) is 7.53. The van der Waals surface area contributed by atoms with E-state index in [1.54, 1.807) is 12.2 Å². The summed E-state index contributed by atoms with van der Waals surface area (Å²) in [6.45, 7) is 12.1. The van der Waals surface area contributed by atoms with Crippen molar-refractivity contribution in [2.45, 2.75) is 73.6 Å². The molecule has 0 aliphatic heterocycles. The van der Waals surface area contributed by atoms with Crippen LogP contribution in [-0.4, -0.2) is 11.6 Å². The summed E-state index contributed by atoms with van der Waals surface area (Å²) in [6, 6.07) is 0. The van der Waals surface area contributed by atoms with Crippen molar-refractivity contribution in [1.82, 2.24) is 0 Å². The number of hydrogen-bond acceptors (Lipinski definition) is 2. The van der Waals surface area contributed by atoms with Gasteiger partial charge >= 0.3 is 0 Å². The molecule has 0 aromatic carbocycles. The maximum atomic E-state index is 12.1. The van der Waals surface area contributed by atoms with Crippen molar-refractivity contribution < 1.29 is 9.59 Å². The lowest BCUT2D eigenvalue weighted by Gasteiger charge is -2.24. The highest BCUT2D eigenvalue weighted by atomic mass is 16.1. The summed E-state index contributed by atoms with van der Waals surface area (Å²) in [7, 11) is 0. The highest BCUT2D eigenvalue weighted by Gasteiger charge is 2.29. The minimum absolute atomic E-state index is 0.139. The number of Topliss-reactive ketones (excluding diaryl/α,β-unsaturated/α-hetero) is 1. The van der Waals surface area contributed by atoms with Crippen LogP contribution in [0.25, 0.3) is 0 Å². The number of ketones is 2. The number of hydrogen-bond donors (Lipinski definition) is 0. The smallest absolute Gasteiger partial charge is 0.161 e. The van der Waals surface area contributed by atoms with Gasteiger partial charge in [0.15, 0.2) is 5.78 Å². The van der Waals surface area contributed by atoms with Gasteiger partial charge in [0, 0.05) is 17.3 Å². The molecule has 110 valence electrons. The fourth-order valence-corrected chi connectivity index (χ4v) is 1.96. The molecule has 0 unspecified atom stereocenters. The quantitative estimate of drug-likeness (QED) is 0.566. The van der Waals surface area contributed by atoms with Crippen molar-refractivity contribution in [1.29, 1.82) is 0 Å². The van der Waals surface area contributed by atoms with E-state index in [1.807, 2.05) is 41.5 Å². The lowest BCUT2D eigenvalue weighted by atomic mass is 9.78. The SMILES string of the molecule is CCC(C)(CC)C(=O)/C=C/CC(=O)C(C)(CC)CC. The fraction of sp³-hybridized carbons (Fsp3) is 0.765. The van der Waals surface area contributed by atoms with Crippen LogP contribution < -0.4 is 0 Å². The van der Waals surface area contributed by atoms with E-state index in [0.29, 0.717) is 6.42 Å². The third-order valence-corrected chi connectivity index (χ3v) is 4.96. The summed E-state index contributed by atoms with van der Waals surface area (Å²) in [6.07, 6.45) is 7.10. The van der Waals surface area contributed by atoms with E-state index in [0.717, 1.165) is 25.7 Å². The molecule has 0 radical (unpaired) electrons. The summed E-state index contributed by atoms with van der Waals surface area (Å²) in [5.41, 5.74) is -0.523. The predicted molar refractivity (Wildman–Crippen MR) is 81.1 cm³/mol. The summed E-state index contributed by atoms with van der Waals surface area (Å²) in [5, 5.41) is 0. The van der Waals surface area contributed by atoms with Gasteiger partial charge in [-0.1, -0.05) is 47.6 Å². The molecule has 2 nitrogen and oxygen atoms in total. The zero-order chi connectivity index (χ0) is 15.1. The Hall–Kier alpha value is -0.920. The Kier molecular flexibility index (Phi) is 7.25. The van der Waals surface area contributed by atoms with Crippen LogP contribution in [0.15, 0.2) is 12.2 Å². The van der Waals surface area contributed by atoms with Gasteiger partial charge in [0.1, 0.15) is 5.78 Å². The van der Waals surface area contributed by atoms with Gasteiger partial charge in [-0.05, 0) is 31.8 Å². The first-order chi connectivity index (χ1) is 8.79. The van der Waals surface area contributed by atoms with Crippen LogP contribution in [0.4, 0.5) is 0 Å². The number of allylic oxidation sites excluding steroid dienone is 2. The minimum atomic E-state index is -0.279. The molecular weight excluding hydrogens is 236 g/mol. The molecule has 2 heteroatoms. The van der Waals surface area contributed by atoms with Gasteiger partial charge in [0.25, 0.3) is 0 Å². The molecule has 0 fully saturated rings. The molecule has 0 rings (SSSR count). The summed E-state index contributed by atoms with van der Waals surface area (Å²) >= 11 is 0. The van der Waals surface area contributed by atoms with Crippen LogP contribution in [0.3, 0.4) is 0 Å². The number of carbonyl (C=O) groups excluding carboxylic acids is 2. The molecule has 0 aromatic rings. The average Bonchev–Trinajstić information content (AvgIpc) is 2.44. The minimum Gasteiger partial charge on any atom is -0.299 e. The molecule has 0 saturated carbocycles. The van der Waals surface area contributed by atoms with Crippen LogP contribution >= 0.6 is 0 Å². The van der Waals surface area contributed by atoms with Gasteiger partial charge < -0.3 is 0 Å². The second-order valence-corrected chi connectivity index (χ2v) is 5.93. The second-order valence-electron chi connectivity index (χ2n) is 5.93. The van der Waals surface area contributed by atoms with Crippen LogP contribution in [0.1, 0.15) is 73.6 Å². The molecule has 0 N–H and O–H groups in total. The standard InChI is InChI=1S/C17H30O2/c1-7-16(5,8-2)14(18)12-11-13-15(19)17(6,9-3)10-4/h11-12H,7-10,13H2,1-6H3/b12-11+. The topological polar surface area (TPSA) is 34.1 Å². The van der Waals surface area contributed by atoms with Gasteiger partial charge in [0.2, 0.25) is 0 Å². The summed E-state index contributed by atoms with van der Waals surface area (Å²) < 4.78 is 0. The molecule has 0 amide bonds. The van der Waals surface area contributed by atoms with Crippen molar-refractivity contribution in [3.63, 3.8) is 0 Å². The highest BCUT2D eigenvalue weighted by Crippen LogP contribution is 2.29. The van der Waals surface area contributed by atoms with Gasteiger partial charge in [0.05, 0.1) is 0 Å². The molecular formula is C17H30O2. The molecule has 0 atom stereocenters. The van der Waals surface area contributed by atoms with Crippen molar-refractivity contribution in [3.05, 3.63) is 12.2 Å². The lowest BCUT2D eigenvalue weighted by molar-refractivity contribution is -0.127. The average molecular weight is 266 g/mol. The predicted octanol–water partition coefficient (Wildman–Crippen LogP) is 4.72. The molecule has 0 aliphatic carbocycles. The summed E-state index contributed by atoms with van der Waals surface area (Å²) in [5.74, 6) is 0.372. The molecule has 0 spiro atoms. The van der Waals surface area contributed by atoms with E-state index in [2.05, 4.69) is 0 Å². The highest BCUT2D eigenvalue weighted by molar-refractivity contribution is 5.95. The third kappa shape index (κ3) is 4.59. The first-order valence-corrected chi connectivity index (χ1v) is 7.53. The Morgan fingerprint density at radius 1 is 0.842 bits per heavy atom. The molecule has 0 aliphatic rings. The van der Waals surface area contributed by atoms with E-state index in [-0.39, 0.29) is 22.4 Å². The molecule has 19 heavy (non-hydrogen) atoms. The van der Waals surface area contributed by atoms with Crippen LogP contribution in [0.2, 0.25) is 0 Å². The molecule has 0 saturated heterocycles. The Morgan fingerprint density at radius 2 is 1.26 bits per heavy atom. The maximum absolute atomic E-state index is 12.1. The van der Waals surface area contributed by atoms with Crippen LogP contribution in [0.5, 0.6) is 0 Å². The maximum Gasteiger partial charge on any atom is 0.161 e. The second kappa shape index (κ2) is 7.62. The van der Waals surface area contributed by atoms with Crippen molar-refractivity contribution in [2.24, 2.45) is 10.8 Å². The zero-order valence-electron chi connectivity index (χ0n) is 13.5. The van der Waals surface area contributed by atoms with Crippen molar-refractivity contribution in [2.75, 3.05) is 0 Å². The van der Waals surface area contributed by atoms with Crippen LogP contribution in [0, 0.1) is 10.8 Å². The Bertz CT molecular complexity index is 331. The van der Waals surface area contributed by atoms with E-state index in [4.69, 9.17) is 0 Å². The number of rotatable bonds is 9. The van der Waals surface area contributed by atoms with Crippen LogP contribution in [-0.2, 0) is 9.59 Å². The first kappa shape index (κ1) is 18.1. The normalized spacial score (nSPS) is 12.9. The van der Waals surface area contributed by atoms with E-state index < -0.39 is 0 Å². The fourth-order valence-electron chi connectivity index (χ4n) is 1.96. The zero-order valence-corrected chi connectivity index (χ0v) is 13.5. The van der Waals surface area contributed by atoms with Gasteiger partial charge in [-0.25, -0.2) is 0 Å². The van der Waals surface area contributed by atoms with Gasteiger partial charge in [-0.2, -0.15) is 0 Å². The molecule has 0 aromatic heterocycles. The van der Waals surface area contributed by atoms with Gasteiger partial charge in [-0.3, -0.25) is 9.59 Å². The van der Waals surface area contributed by atoms with Crippen molar-refractivity contribution >= 4 is 11.6 Å². The Balaban J connectivity index is 4.61. The monoisotopic (exact) mass is 266 g/mol. The van der Waals surface area contributed by atoms with E-state index in [1.165, 1.54) is 0 Å². The third-order valence-electron chi connectivity index (χ3n) is 4.96. The lowest BCUT2D eigenvalue weighted by Crippen LogP contribution is -2.26. The Labute approximate surface area is 118 Å². The number of carbonyl (C=O) groups is 2. The molecule has 0 heterocycles. The largest absolute Gasteiger partial charge is 0.299 e. The van der Waals surface area contributed by atoms with Gasteiger partial charge in [-0.15, -0.1) is 0 Å².